The third kappa shape index (κ3) is 2.71. The van der Waals surface area contributed by atoms with Gasteiger partial charge in [-0.3, -0.25) is 0 Å². The minimum Gasteiger partial charge on any atom is -0.389 e. The van der Waals surface area contributed by atoms with Gasteiger partial charge in [0, 0.05) is 0 Å². The lowest BCUT2D eigenvalue weighted by molar-refractivity contribution is 0.0797. The monoisotopic (exact) mass is 285 g/mol. The minimum atomic E-state index is -3.53. The molecule has 0 fully saturated rings. The smallest absolute Gasteiger partial charge is 0.210 e. The van der Waals surface area contributed by atoms with Crippen molar-refractivity contribution in [1.29, 1.82) is 0 Å². The van der Waals surface area contributed by atoms with Gasteiger partial charge < -0.3 is 5.11 Å². The van der Waals surface area contributed by atoms with Gasteiger partial charge in [-0.05, 0) is 25.5 Å². The fraction of sp³-hybridized carbons (Fsp3) is 0.417. The fourth-order valence-corrected chi connectivity index (χ4v) is 4.59. The van der Waals surface area contributed by atoms with Gasteiger partial charge in [-0.15, -0.1) is 11.3 Å². The van der Waals surface area contributed by atoms with Gasteiger partial charge >= 0.3 is 0 Å². The molecular formula is C12H15NO3S2. The summed E-state index contributed by atoms with van der Waals surface area (Å²) in [5.74, 6) is -0.295. The van der Waals surface area contributed by atoms with Crippen LogP contribution in [0.4, 0.5) is 0 Å². The lowest BCUT2D eigenvalue weighted by Crippen LogP contribution is -2.32. The Bertz CT molecular complexity index is 626. The maximum Gasteiger partial charge on any atom is 0.210 e. The van der Waals surface area contributed by atoms with Gasteiger partial charge in [0.05, 0.1) is 21.6 Å². The van der Waals surface area contributed by atoms with Gasteiger partial charge in [0.25, 0.3) is 0 Å². The first kappa shape index (κ1) is 13.5. The van der Waals surface area contributed by atoms with Gasteiger partial charge in [-0.1, -0.05) is 19.1 Å². The van der Waals surface area contributed by atoms with Crippen molar-refractivity contribution in [3.05, 3.63) is 24.3 Å². The summed E-state index contributed by atoms with van der Waals surface area (Å²) in [6.45, 7) is 3.28. The predicted molar refractivity (Wildman–Crippen MR) is 72.6 cm³/mol. The molecule has 0 bridgehead atoms. The van der Waals surface area contributed by atoms with E-state index in [0.717, 1.165) is 16.0 Å². The number of nitrogens with zero attached hydrogens (tertiary/aromatic N) is 1. The van der Waals surface area contributed by atoms with Crippen molar-refractivity contribution in [3.63, 3.8) is 0 Å². The number of thiazole rings is 1. The molecule has 0 aliphatic carbocycles. The van der Waals surface area contributed by atoms with E-state index in [1.165, 1.54) is 6.92 Å². The first-order chi connectivity index (χ1) is 8.34. The summed E-state index contributed by atoms with van der Waals surface area (Å²) >= 11 is 1.15. The Balaban J connectivity index is 2.41. The molecule has 0 radical (unpaired) electrons. The van der Waals surface area contributed by atoms with Crippen molar-refractivity contribution in [2.45, 2.75) is 30.2 Å². The van der Waals surface area contributed by atoms with Crippen molar-refractivity contribution in [1.82, 2.24) is 4.98 Å². The maximum absolute atomic E-state index is 12.2. The summed E-state index contributed by atoms with van der Waals surface area (Å²) in [4.78, 5) is 4.12. The Hall–Kier alpha value is -0.980. The van der Waals surface area contributed by atoms with Crippen LogP contribution in [0, 0.1) is 0 Å². The zero-order chi connectivity index (χ0) is 13.4. The molecule has 2 aromatic rings. The Kier molecular flexibility index (Phi) is 3.44. The van der Waals surface area contributed by atoms with Gasteiger partial charge in [0.1, 0.15) is 0 Å². The normalized spacial score (nSPS) is 15.7. The molecule has 1 aromatic carbocycles. The summed E-state index contributed by atoms with van der Waals surface area (Å²) in [5.41, 5.74) is -0.534. The van der Waals surface area contributed by atoms with Crippen LogP contribution in [0.2, 0.25) is 0 Å². The molecule has 1 aromatic heterocycles. The number of benzene rings is 1. The second-order valence-electron chi connectivity index (χ2n) is 4.56. The Morgan fingerprint density at radius 3 is 2.67 bits per heavy atom. The minimum absolute atomic E-state index is 0.0809. The van der Waals surface area contributed by atoms with Crippen LogP contribution in [0.1, 0.15) is 20.3 Å². The van der Waals surface area contributed by atoms with Crippen LogP contribution in [0.5, 0.6) is 0 Å². The average molecular weight is 285 g/mol. The number of sulfone groups is 1. The molecule has 0 saturated heterocycles. The molecule has 0 aliphatic rings. The van der Waals surface area contributed by atoms with E-state index in [-0.39, 0.29) is 10.1 Å². The summed E-state index contributed by atoms with van der Waals surface area (Å²) in [5, 5.41) is 9.89. The van der Waals surface area contributed by atoms with E-state index in [9.17, 15) is 13.5 Å². The summed E-state index contributed by atoms with van der Waals surface area (Å²) in [6.07, 6.45) is 0.386. The second kappa shape index (κ2) is 4.60. The van der Waals surface area contributed by atoms with Crippen LogP contribution in [0.15, 0.2) is 28.6 Å². The van der Waals surface area contributed by atoms with Crippen LogP contribution in [0.25, 0.3) is 10.2 Å². The highest BCUT2D eigenvalue weighted by Gasteiger charge is 2.30. The standard InChI is InChI=1S/C12H15NO3S2/c1-3-12(2,14)8-18(15,16)11-13-9-6-4-5-7-10(9)17-11/h4-7,14H,3,8H2,1-2H3. The van der Waals surface area contributed by atoms with E-state index in [4.69, 9.17) is 0 Å². The van der Waals surface area contributed by atoms with Gasteiger partial charge in [0.2, 0.25) is 14.2 Å². The first-order valence-corrected chi connectivity index (χ1v) is 8.12. The van der Waals surface area contributed by atoms with Gasteiger partial charge in [0.15, 0.2) is 0 Å². The van der Waals surface area contributed by atoms with E-state index >= 15 is 0 Å². The number of hydrogen-bond donors (Lipinski definition) is 1. The Morgan fingerprint density at radius 2 is 2.06 bits per heavy atom. The molecule has 1 atom stereocenters. The SMILES string of the molecule is CCC(C)(O)CS(=O)(=O)c1nc2ccccc2s1. The van der Waals surface area contributed by atoms with Crippen molar-refractivity contribution < 1.29 is 13.5 Å². The highest BCUT2D eigenvalue weighted by atomic mass is 32.2. The first-order valence-electron chi connectivity index (χ1n) is 5.65. The molecule has 4 nitrogen and oxygen atoms in total. The number of fused-ring (bicyclic) bond motifs is 1. The fourth-order valence-electron chi connectivity index (χ4n) is 1.56. The maximum atomic E-state index is 12.2. The van der Waals surface area contributed by atoms with E-state index in [1.54, 1.807) is 13.0 Å². The lowest BCUT2D eigenvalue weighted by atomic mass is 10.1. The lowest BCUT2D eigenvalue weighted by Gasteiger charge is -2.19. The molecule has 0 amide bonds. The molecule has 2 rings (SSSR count). The van der Waals surface area contributed by atoms with Crippen LogP contribution in [0.3, 0.4) is 0 Å². The van der Waals surface area contributed by atoms with Crippen molar-refractivity contribution in [3.8, 4) is 0 Å². The molecule has 1 heterocycles. The van der Waals surface area contributed by atoms with Crippen LogP contribution >= 0.6 is 11.3 Å². The third-order valence-corrected chi connectivity index (χ3v) is 6.27. The van der Waals surface area contributed by atoms with Crippen molar-refractivity contribution in [2.75, 3.05) is 5.75 Å². The number of aliphatic hydroxyl groups is 1. The number of rotatable bonds is 4. The number of hydrogen-bond acceptors (Lipinski definition) is 5. The van der Waals surface area contributed by atoms with Crippen LogP contribution in [-0.2, 0) is 9.84 Å². The summed E-state index contributed by atoms with van der Waals surface area (Å²) < 4.78 is 25.2. The highest BCUT2D eigenvalue weighted by Crippen LogP contribution is 2.27. The van der Waals surface area contributed by atoms with Crippen LogP contribution in [-0.4, -0.2) is 29.9 Å². The van der Waals surface area contributed by atoms with Gasteiger partial charge in [-0.2, -0.15) is 0 Å². The number of para-hydroxylation sites is 1. The molecule has 98 valence electrons. The molecule has 0 saturated carbocycles. The zero-order valence-corrected chi connectivity index (χ0v) is 11.9. The average Bonchev–Trinajstić information content (AvgIpc) is 2.72. The second-order valence-corrected chi connectivity index (χ2v) is 7.75. The molecule has 0 aliphatic heterocycles. The Labute approximate surface area is 110 Å². The van der Waals surface area contributed by atoms with E-state index in [1.807, 2.05) is 18.2 Å². The molecular weight excluding hydrogens is 270 g/mol. The zero-order valence-electron chi connectivity index (χ0n) is 10.3. The molecule has 18 heavy (non-hydrogen) atoms. The largest absolute Gasteiger partial charge is 0.389 e. The molecule has 6 heteroatoms. The third-order valence-electron chi connectivity index (χ3n) is 2.80. The van der Waals surface area contributed by atoms with Crippen molar-refractivity contribution >= 4 is 31.4 Å². The Morgan fingerprint density at radius 1 is 1.39 bits per heavy atom. The summed E-state index contributed by atoms with van der Waals surface area (Å²) in [7, 11) is -3.53. The molecule has 1 N–H and O–H groups in total. The predicted octanol–water partition coefficient (Wildman–Crippen LogP) is 2.23. The van der Waals surface area contributed by atoms with Crippen LogP contribution < -0.4 is 0 Å². The highest BCUT2D eigenvalue weighted by molar-refractivity contribution is 7.93. The van der Waals surface area contributed by atoms with E-state index in [2.05, 4.69) is 4.98 Å². The van der Waals surface area contributed by atoms with E-state index in [0.29, 0.717) is 11.9 Å². The summed E-state index contributed by atoms with van der Waals surface area (Å²) in [6, 6.07) is 7.28. The molecule has 1 unspecified atom stereocenters. The van der Waals surface area contributed by atoms with Gasteiger partial charge in [-0.25, -0.2) is 13.4 Å². The topological polar surface area (TPSA) is 67.3 Å². The van der Waals surface area contributed by atoms with E-state index < -0.39 is 15.4 Å². The number of aromatic nitrogens is 1. The molecule has 0 spiro atoms. The quantitative estimate of drug-likeness (QED) is 0.935. The van der Waals surface area contributed by atoms with Crippen molar-refractivity contribution in [2.24, 2.45) is 0 Å².